The summed E-state index contributed by atoms with van der Waals surface area (Å²) in [6.07, 6.45) is -3.48. The largest absolute Gasteiger partial charge is 0.453 e. The maximum atomic E-state index is 12.4. The Morgan fingerprint density at radius 3 is 1.75 bits per heavy atom. The quantitative estimate of drug-likeness (QED) is 0.429. The first-order valence-corrected chi connectivity index (χ1v) is 5.61. The molecule has 16 heavy (non-hydrogen) atoms. The molecule has 0 unspecified atom stereocenters. The van der Waals surface area contributed by atoms with Crippen LogP contribution in [0.25, 0.3) is 0 Å². The first-order chi connectivity index (χ1) is 7.17. The lowest BCUT2D eigenvalue weighted by Crippen LogP contribution is -2.36. The minimum absolute atomic E-state index is 0.0649. The number of halogens is 5. The van der Waals surface area contributed by atoms with Crippen LogP contribution in [0.3, 0.4) is 0 Å². The van der Waals surface area contributed by atoms with Crippen molar-refractivity contribution in [3.8, 4) is 0 Å². The molecule has 0 amide bonds. The van der Waals surface area contributed by atoms with Crippen molar-refractivity contribution in [3.63, 3.8) is 0 Å². The van der Waals surface area contributed by atoms with Crippen LogP contribution in [0.1, 0.15) is 52.4 Å². The van der Waals surface area contributed by atoms with Crippen LogP contribution >= 0.6 is 0 Å². The van der Waals surface area contributed by atoms with Gasteiger partial charge in [-0.25, -0.2) is 0 Å². The lowest BCUT2D eigenvalue weighted by molar-refractivity contribution is -0.284. The van der Waals surface area contributed by atoms with Crippen molar-refractivity contribution in [3.05, 3.63) is 0 Å². The molecule has 0 heterocycles. The zero-order chi connectivity index (χ0) is 12.8. The molecule has 0 aromatic heterocycles. The highest BCUT2D eigenvalue weighted by Crippen LogP contribution is 2.39. The van der Waals surface area contributed by atoms with Gasteiger partial charge < -0.3 is 0 Å². The second-order valence-electron chi connectivity index (χ2n) is 4.55. The number of alkyl halides is 5. The smallest absolute Gasteiger partial charge is 0.196 e. The molecular formula is C11H19F5. The predicted octanol–water partition coefficient (Wildman–Crippen LogP) is 5.18. The van der Waals surface area contributed by atoms with E-state index in [0.29, 0.717) is 12.3 Å². The lowest BCUT2D eigenvalue weighted by Gasteiger charge is -2.19. The Morgan fingerprint density at radius 1 is 0.812 bits per heavy atom. The van der Waals surface area contributed by atoms with Crippen molar-refractivity contribution in [2.45, 2.75) is 64.5 Å². The molecule has 0 aromatic carbocycles. The molecule has 0 aromatic rings. The van der Waals surface area contributed by atoms with E-state index < -0.39 is 18.5 Å². The van der Waals surface area contributed by atoms with E-state index in [0.717, 1.165) is 19.3 Å². The Bertz CT molecular complexity index is 183. The lowest BCUT2D eigenvalue weighted by atomic mass is 10.0. The molecule has 0 saturated carbocycles. The average Bonchev–Trinajstić information content (AvgIpc) is 2.08. The standard InChI is InChI=1S/C11H19F5/c1-9(2)7-5-3-4-6-8-10(12,13)11(14,15)16/h9H,3-8H2,1-2H3. The third kappa shape index (κ3) is 6.28. The summed E-state index contributed by atoms with van der Waals surface area (Å²) in [5.41, 5.74) is 0. The van der Waals surface area contributed by atoms with E-state index in [1.165, 1.54) is 0 Å². The van der Waals surface area contributed by atoms with Gasteiger partial charge in [-0.05, 0) is 12.3 Å². The van der Waals surface area contributed by atoms with Gasteiger partial charge in [0, 0.05) is 6.42 Å². The molecule has 0 saturated heterocycles. The summed E-state index contributed by atoms with van der Waals surface area (Å²) >= 11 is 0. The third-order valence-electron chi connectivity index (χ3n) is 2.44. The third-order valence-corrected chi connectivity index (χ3v) is 2.44. The van der Waals surface area contributed by atoms with E-state index >= 15 is 0 Å². The Labute approximate surface area is 93.2 Å². The Hall–Kier alpha value is -0.350. The van der Waals surface area contributed by atoms with Gasteiger partial charge in [-0.15, -0.1) is 0 Å². The van der Waals surface area contributed by atoms with Crippen LogP contribution in [0.4, 0.5) is 22.0 Å². The second kappa shape index (κ2) is 6.40. The Balaban J connectivity index is 3.59. The van der Waals surface area contributed by atoms with E-state index in [2.05, 4.69) is 13.8 Å². The zero-order valence-electron chi connectivity index (χ0n) is 9.71. The van der Waals surface area contributed by atoms with Gasteiger partial charge in [0.15, 0.2) is 0 Å². The number of hydrogen-bond donors (Lipinski definition) is 0. The SMILES string of the molecule is CC(C)CCCCCCC(F)(F)C(F)(F)F. The highest BCUT2D eigenvalue weighted by Gasteiger charge is 2.56. The molecule has 0 aliphatic rings. The van der Waals surface area contributed by atoms with Crippen molar-refractivity contribution < 1.29 is 22.0 Å². The predicted molar refractivity (Wildman–Crippen MR) is 53.5 cm³/mol. The van der Waals surface area contributed by atoms with Crippen molar-refractivity contribution in [1.82, 2.24) is 0 Å². The molecule has 0 spiro atoms. The molecule has 0 bridgehead atoms. The molecule has 0 N–H and O–H groups in total. The fourth-order valence-corrected chi connectivity index (χ4v) is 1.39. The van der Waals surface area contributed by atoms with Crippen molar-refractivity contribution in [2.24, 2.45) is 5.92 Å². The van der Waals surface area contributed by atoms with Gasteiger partial charge in [0.1, 0.15) is 0 Å². The highest BCUT2D eigenvalue weighted by atomic mass is 19.4. The van der Waals surface area contributed by atoms with Gasteiger partial charge in [0.05, 0.1) is 0 Å². The monoisotopic (exact) mass is 246 g/mol. The summed E-state index contributed by atoms with van der Waals surface area (Å²) in [5, 5.41) is 0. The highest BCUT2D eigenvalue weighted by molar-refractivity contribution is 4.75. The number of hydrogen-bond acceptors (Lipinski definition) is 0. The van der Waals surface area contributed by atoms with Gasteiger partial charge in [-0.3, -0.25) is 0 Å². The maximum absolute atomic E-state index is 12.4. The summed E-state index contributed by atoms with van der Waals surface area (Å²) in [6, 6.07) is 0. The van der Waals surface area contributed by atoms with Crippen molar-refractivity contribution in [2.75, 3.05) is 0 Å². The molecule has 0 aliphatic heterocycles. The first-order valence-electron chi connectivity index (χ1n) is 5.61. The zero-order valence-corrected chi connectivity index (χ0v) is 9.71. The maximum Gasteiger partial charge on any atom is 0.453 e. The normalized spacial score (nSPS) is 13.5. The van der Waals surface area contributed by atoms with E-state index in [-0.39, 0.29) is 6.42 Å². The van der Waals surface area contributed by atoms with Crippen LogP contribution in [0.15, 0.2) is 0 Å². The van der Waals surface area contributed by atoms with Gasteiger partial charge in [0.25, 0.3) is 0 Å². The topological polar surface area (TPSA) is 0 Å². The average molecular weight is 246 g/mol. The molecule has 0 fully saturated rings. The van der Waals surface area contributed by atoms with Crippen LogP contribution in [0.2, 0.25) is 0 Å². The number of unbranched alkanes of at least 4 members (excludes halogenated alkanes) is 3. The van der Waals surface area contributed by atoms with E-state index in [1.54, 1.807) is 0 Å². The van der Waals surface area contributed by atoms with Crippen LogP contribution in [0.5, 0.6) is 0 Å². The molecular weight excluding hydrogens is 227 g/mol. The summed E-state index contributed by atoms with van der Waals surface area (Å²) in [6.45, 7) is 4.11. The molecule has 0 aliphatic carbocycles. The molecule has 0 atom stereocenters. The summed E-state index contributed by atoms with van der Waals surface area (Å²) in [7, 11) is 0. The van der Waals surface area contributed by atoms with Gasteiger partial charge in [-0.1, -0.05) is 39.5 Å². The Morgan fingerprint density at radius 2 is 1.31 bits per heavy atom. The molecule has 0 nitrogen and oxygen atoms in total. The molecule has 0 rings (SSSR count). The van der Waals surface area contributed by atoms with E-state index in [4.69, 9.17) is 0 Å². The van der Waals surface area contributed by atoms with Crippen LogP contribution in [-0.2, 0) is 0 Å². The van der Waals surface area contributed by atoms with E-state index in [1.807, 2.05) is 0 Å². The minimum atomic E-state index is -5.40. The van der Waals surface area contributed by atoms with Gasteiger partial charge in [0.2, 0.25) is 0 Å². The van der Waals surface area contributed by atoms with Gasteiger partial charge in [-0.2, -0.15) is 22.0 Å². The van der Waals surface area contributed by atoms with Crippen molar-refractivity contribution >= 4 is 0 Å². The minimum Gasteiger partial charge on any atom is -0.196 e. The van der Waals surface area contributed by atoms with Gasteiger partial charge >= 0.3 is 12.1 Å². The van der Waals surface area contributed by atoms with E-state index in [9.17, 15) is 22.0 Å². The van der Waals surface area contributed by atoms with Crippen LogP contribution in [-0.4, -0.2) is 12.1 Å². The van der Waals surface area contributed by atoms with Crippen LogP contribution < -0.4 is 0 Å². The summed E-state index contributed by atoms with van der Waals surface area (Å²) in [4.78, 5) is 0. The Kier molecular flexibility index (Phi) is 6.26. The number of rotatable bonds is 7. The molecule has 98 valence electrons. The van der Waals surface area contributed by atoms with Crippen LogP contribution in [0, 0.1) is 5.92 Å². The van der Waals surface area contributed by atoms with Crippen molar-refractivity contribution in [1.29, 1.82) is 0 Å². The second-order valence-corrected chi connectivity index (χ2v) is 4.55. The fourth-order valence-electron chi connectivity index (χ4n) is 1.39. The molecule has 5 heteroatoms. The summed E-state index contributed by atoms with van der Waals surface area (Å²) in [5.74, 6) is -3.97. The first kappa shape index (κ1) is 15.7. The summed E-state index contributed by atoms with van der Waals surface area (Å²) < 4.78 is 60.2. The fraction of sp³-hybridized carbons (Fsp3) is 1.00. The molecule has 0 radical (unpaired) electrons.